The summed E-state index contributed by atoms with van der Waals surface area (Å²) in [7, 11) is -2.21. The first kappa shape index (κ1) is 23.7. The molecule has 1 unspecified atom stereocenters. The molecule has 0 aliphatic rings. The van der Waals surface area contributed by atoms with E-state index in [0.717, 1.165) is 18.6 Å². The van der Waals surface area contributed by atoms with Crippen molar-refractivity contribution >= 4 is 33.0 Å². The number of furan rings is 1. The third-order valence-electron chi connectivity index (χ3n) is 2.54. The summed E-state index contributed by atoms with van der Waals surface area (Å²) in [6.45, 7) is 14.7. The Morgan fingerprint density at radius 2 is 1.83 bits per heavy atom. The van der Waals surface area contributed by atoms with Gasteiger partial charge in [-0.05, 0) is 0 Å². The number of hydrogen-bond acceptors (Lipinski definition) is 2. The first-order chi connectivity index (χ1) is 11.0. The molecule has 7 heteroatoms. The van der Waals surface area contributed by atoms with Crippen molar-refractivity contribution in [2.75, 3.05) is 13.2 Å². The Balaban J connectivity index is 0.000000506. The molecule has 1 rings (SSSR count). The second kappa shape index (κ2) is 12.1. The standard InChI is InChI=1S/C11H15GeNO2.C6H18NSi2/c12-10(4-6-13-5-2-7-14)9-11-3-1-8-15-11;1-8(2,3)7-9(4,5)6/h1,3-4,6,8,10,14H,2,5,7,9H2;1-6H3/q2*-1/b6-4-;. The molecule has 0 aliphatic carbocycles. The van der Waals surface area contributed by atoms with Crippen molar-refractivity contribution in [3.63, 3.8) is 0 Å². The summed E-state index contributed by atoms with van der Waals surface area (Å²) in [6.07, 6.45) is 7.20. The van der Waals surface area contributed by atoms with Crippen LogP contribution in [-0.4, -0.2) is 51.2 Å². The average Bonchev–Trinajstić information content (AvgIpc) is 2.87. The molecule has 1 N–H and O–H groups in total. The molecule has 24 heavy (non-hydrogen) atoms. The van der Waals surface area contributed by atoms with Gasteiger partial charge in [0.2, 0.25) is 0 Å². The Labute approximate surface area is 158 Å². The molecule has 0 bridgehead atoms. The minimum atomic E-state index is -1.11. The van der Waals surface area contributed by atoms with E-state index in [9.17, 15) is 0 Å². The van der Waals surface area contributed by atoms with E-state index < -0.39 is 16.5 Å². The minimum absolute atomic E-state index is 0.208. The van der Waals surface area contributed by atoms with Gasteiger partial charge in [0.05, 0.1) is 0 Å². The van der Waals surface area contributed by atoms with Crippen LogP contribution >= 0.6 is 0 Å². The Morgan fingerprint density at radius 1 is 1.21 bits per heavy atom. The van der Waals surface area contributed by atoms with Gasteiger partial charge in [-0.2, -0.15) is 0 Å². The SMILES string of the molecule is C[Si](C)(C)[N-][Si](C)(C)C.OCCC[N-]/C=C\[CH]([Ge])Cc1ccco1. The van der Waals surface area contributed by atoms with Gasteiger partial charge in [-0.15, -0.1) is 0 Å². The molecule has 1 atom stereocenters. The zero-order valence-electron chi connectivity index (χ0n) is 16.0. The first-order valence-electron chi connectivity index (χ1n) is 8.45. The van der Waals surface area contributed by atoms with E-state index in [1.54, 1.807) is 6.26 Å². The predicted molar refractivity (Wildman–Crippen MR) is 111 cm³/mol. The number of allylic oxidation sites excluding steroid dienone is 1. The first-order valence-corrected chi connectivity index (χ1v) is 16.6. The Morgan fingerprint density at radius 3 is 2.25 bits per heavy atom. The summed E-state index contributed by atoms with van der Waals surface area (Å²) in [6, 6.07) is 3.88. The van der Waals surface area contributed by atoms with Crippen molar-refractivity contribution in [3.8, 4) is 0 Å². The topological polar surface area (TPSA) is 61.6 Å². The average molecular weight is 426 g/mol. The summed E-state index contributed by atoms with van der Waals surface area (Å²) in [4.78, 5) is 0. The van der Waals surface area contributed by atoms with E-state index in [-0.39, 0.29) is 6.61 Å². The number of nitrogens with zero attached hydrogens (tertiary/aromatic N) is 2. The zero-order chi connectivity index (χ0) is 18.6. The summed E-state index contributed by atoms with van der Waals surface area (Å²) in [5, 5.41) is 12.7. The van der Waals surface area contributed by atoms with Crippen molar-refractivity contribution in [2.45, 2.75) is 56.9 Å². The van der Waals surface area contributed by atoms with Gasteiger partial charge in [0.15, 0.2) is 0 Å². The van der Waals surface area contributed by atoms with Crippen LogP contribution in [0.4, 0.5) is 0 Å². The molecule has 3 radical (unpaired) electrons. The van der Waals surface area contributed by atoms with Crippen LogP contribution in [0.25, 0.3) is 9.96 Å². The van der Waals surface area contributed by atoms with E-state index >= 15 is 0 Å². The molecule has 1 aromatic heterocycles. The van der Waals surface area contributed by atoms with Crippen LogP contribution in [0.3, 0.4) is 0 Å². The zero-order valence-corrected chi connectivity index (χ0v) is 20.1. The normalized spacial score (nSPS) is 13.5. The Hall–Kier alpha value is -0.283. The van der Waals surface area contributed by atoms with Crippen molar-refractivity contribution in [1.29, 1.82) is 0 Å². The molecular formula is C17H33GeN2O2Si2-2. The van der Waals surface area contributed by atoms with Crippen molar-refractivity contribution < 1.29 is 9.52 Å². The van der Waals surface area contributed by atoms with Crippen LogP contribution in [-0.2, 0) is 6.42 Å². The molecule has 0 aromatic carbocycles. The number of aliphatic hydroxyl groups is 1. The van der Waals surface area contributed by atoms with Gasteiger partial charge in [-0.1, -0.05) is 55.8 Å². The fourth-order valence-electron chi connectivity index (χ4n) is 2.12. The van der Waals surface area contributed by atoms with E-state index in [4.69, 9.17) is 14.2 Å². The van der Waals surface area contributed by atoms with Gasteiger partial charge in [0.25, 0.3) is 0 Å². The van der Waals surface area contributed by atoms with Gasteiger partial charge in [0.1, 0.15) is 0 Å². The second-order valence-corrected chi connectivity index (χ2v) is 18.8. The molecule has 0 saturated carbocycles. The predicted octanol–water partition coefficient (Wildman–Crippen LogP) is 5.08. The van der Waals surface area contributed by atoms with Gasteiger partial charge >= 0.3 is 98.5 Å². The van der Waals surface area contributed by atoms with Crippen LogP contribution in [0.15, 0.2) is 35.1 Å². The molecule has 0 amide bonds. The quantitative estimate of drug-likeness (QED) is 0.442. The maximum atomic E-state index is 8.55. The third kappa shape index (κ3) is 16.6. The third-order valence-corrected chi connectivity index (χ3v) is 8.74. The van der Waals surface area contributed by atoms with E-state index in [2.05, 4.69) is 67.2 Å². The monoisotopic (exact) mass is 427 g/mol. The van der Waals surface area contributed by atoms with E-state index in [0.29, 0.717) is 11.3 Å². The molecule has 4 nitrogen and oxygen atoms in total. The van der Waals surface area contributed by atoms with Crippen LogP contribution in [0.2, 0.25) is 44.0 Å². The molecule has 1 aromatic rings. The molecule has 1 heterocycles. The van der Waals surface area contributed by atoms with Gasteiger partial charge in [0, 0.05) is 0 Å². The summed E-state index contributed by atoms with van der Waals surface area (Å²) >= 11 is 2.13. The molecule has 137 valence electrons. The fraction of sp³-hybridized carbons (Fsp3) is 0.647. The summed E-state index contributed by atoms with van der Waals surface area (Å²) in [5.74, 6) is 1.00. The molecule has 0 fully saturated rings. The van der Waals surface area contributed by atoms with Crippen LogP contribution < -0.4 is 0 Å². The van der Waals surface area contributed by atoms with Gasteiger partial charge < -0.3 is 4.65 Å². The molecular weight excluding hydrogens is 393 g/mol. The summed E-state index contributed by atoms with van der Waals surface area (Å²) < 4.78 is 10.5. The Bertz CT molecular complexity index is 428. The molecule has 0 saturated heterocycles. The van der Waals surface area contributed by atoms with Crippen LogP contribution in [0.1, 0.15) is 12.2 Å². The number of hydrogen-bond donors (Lipinski definition) is 1. The van der Waals surface area contributed by atoms with Crippen LogP contribution in [0, 0.1) is 0 Å². The number of aliphatic hydroxyl groups excluding tert-OH is 1. The second-order valence-electron chi connectivity index (χ2n) is 7.67. The van der Waals surface area contributed by atoms with Crippen molar-refractivity contribution in [3.05, 3.63) is 46.4 Å². The maximum absolute atomic E-state index is 8.55. The van der Waals surface area contributed by atoms with E-state index in [1.165, 1.54) is 0 Å². The van der Waals surface area contributed by atoms with Gasteiger partial charge in [-0.25, -0.2) is 0 Å². The summed E-state index contributed by atoms with van der Waals surface area (Å²) in [5.41, 5.74) is 0. The fourth-order valence-corrected chi connectivity index (χ4v) is 10.8. The molecule has 0 spiro atoms. The van der Waals surface area contributed by atoms with Gasteiger partial charge in [-0.3, -0.25) is 0 Å². The van der Waals surface area contributed by atoms with Crippen molar-refractivity contribution in [1.82, 2.24) is 0 Å². The van der Waals surface area contributed by atoms with E-state index in [1.807, 2.05) is 18.3 Å². The van der Waals surface area contributed by atoms with Crippen molar-refractivity contribution in [2.24, 2.45) is 0 Å². The number of rotatable bonds is 9. The molecule has 0 aliphatic heterocycles. The van der Waals surface area contributed by atoms with Crippen LogP contribution in [0.5, 0.6) is 0 Å². The Kier molecular flexibility index (Phi) is 12.0.